The lowest BCUT2D eigenvalue weighted by Gasteiger charge is -2.36. The molecule has 0 radical (unpaired) electrons. The Morgan fingerprint density at radius 1 is 0.203 bits per heavy atom. The third-order valence-corrected chi connectivity index (χ3v) is 19.9. The Bertz CT molecular complexity index is 3480. The van der Waals surface area contributed by atoms with Crippen LogP contribution in [0, 0.1) is 0 Å². The molecule has 0 atom stereocenters. The molecule has 2 aliphatic heterocycles. The van der Waals surface area contributed by atoms with Crippen LogP contribution >= 0.6 is 14.9 Å². The van der Waals surface area contributed by atoms with Gasteiger partial charge in [-0.25, -0.2) is 0 Å². The minimum atomic E-state index is -4.03. The highest BCUT2D eigenvalue weighted by atomic mass is 31.2. The van der Waals surface area contributed by atoms with Gasteiger partial charge in [-0.05, 0) is 136 Å². The van der Waals surface area contributed by atoms with Crippen molar-refractivity contribution >= 4 is 71.0 Å². The van der Waals surface area contributed by atoms with Crippen molar-refractivity contribution in [2.75, 3.05) is 18.7 Å². The number of hydrogen-bond acceptors (Lipinski definition) is 2. The number of fused-ring (bicyclic) bond motifs is 2. The zero-order valence-corrected chi connectivity index (χ0v) is 42.0. The fraction of sp³-hybridized carbons (Fsp3) is 0. The van der Waals surface area contributed by atoms with Gasteiger partial charge >= 0.3 is 14.9 Å². The summed E-state index contributed by atoms with van der Waals surface area (Å²) in [6, 6.07) is 98.5. The second-order valence-electron chi connectivity index (χ2n) is 18.5. The van der Waals surface area contributed by atoms with Crippen LogP contribution in [0.3, 0.4) is 0 Å². The predicted octanol–water partition coefficient (Wildman–Crippen LogP) is 18.0. The van der Waals surface area contributed by atoms with E-state index in [2.05, 4.69) is 121 Å². The van der Waals surface area contributed by atoms with Crippen LogP contribution in [-0.2, 0) is 9.13 Å². The number of rotatable bonds is 10. The van der Waals surface area contributed by atoms with Crippen molar-refractivity contribution in [3.63, 3.8) is 0 Å². The SMILES string of the molecule is O=P1(c2cccc(P3(=O)N(c4cccc(-c5ccccc5)c4)c4ccccc4N3c3cccc(-c4ccccc4)c3)c2)N(c2cccc(-c3ccccc3)c2)c2ccccc2N1c1cccc(-c2ccccc2)c1. The molecule has 0 amide bonds. The largest absolute Gasteiger partial charge is 0.301 e. The Kier molecular flexibility index (Phi) is 11.3. The fourth-order valence-corrected chi connectivity index (χ4v) is 16.9. The summed E-state index contributed by atoms with van der Waals surface area (Å²) in [6.45, 7) is 0. The molecule has 2 heterocycles. The molecule has 0 spiro atoms. The molecule has 354 valence electrons. The van der Waals surface area contributed by atoms with Crippen LogP contribution in [0.4, 0.5) is 45.5 Å². The summed E-state index contributed by atoms with van der Waals surface area (Å²) in [6.07, 6.45) is 0. The molecule has 0 N–H and O–H groups in total. The van der Waals surface area contributed by atoms with Gasteiger partial charge < -0.3 is 0 Å². The van der Waals surface area contributed by atoms with Crippen molar-refractivity contribution in [1.29, 1.82) is 0 Å². The summed E-state index contributed by atoms with van der Waals surface area (Å²) in [5.41, 5.74) is 14.5. The van der Waals surface area contributed by atoms with Gasteiger partial charge in [0.15, 0.2) is 0 Å². The van der Waals surface area contributed by atoms with Crippen LogP contribution in [0.25, 0.3) is 44.5 Å². The molecule has 0 saturated carbocycles. The highest BCUT2D eigenvalue weighted by molar-refractivity contribution is 7.77. The zero-order valence-electron chi connectivity index (χ0n) is 40.2. The van der Waals surface area contributed by atoms with Gasteiger partial charge in [0.2, 0.25) is 0 Å². The van der Waals surface area contributed by atoms with Gasteiger partial charge in [0, 0.05) is 0 Å². The summed E-state index contributed by atoms with van der Waals surface area (Å²) in [5.74, 6) is 0. The molecule has 0 bridgehead atoms. The molecule has 2 aliphatic rings. The van der Waals surface area contributed by atoms with E-state index in [9.17, 15) is 0 Å². The molecule has 0 saturated heterocycles. The molecule has 74 heavy (non-hydrogen) atoms. The van der Waals surface area contributed by atoms with E-state index in [4.69, 9.17) is 0 Å². The third kappa shape index (κ3) is 7.58. The van der Waals surface area contributed by atoms with Crippen molar-refractivity contribution in [2.24, 2.45) is 0 Å². The summed E-state index contributed by atoms with van der Waals surface area (Å²) >= 11 is 0. The Morgan fingerprint density at radius 3 is 0.676 bits per heavy atom. The summed E-state index contributed by atoms with van der Waals surface area (Å²) in [5, 5.41) is 1.06. The molecule has 8 heteroatoms. The standard InChI is InChI=1S/C66H48N4O2P2/c71-73(67(57-34-17-30-53(44-57)49-22-5-1-6-23-49)63-40-13-14-41-64(63)68(73)58-35-18-31-54(45-58)50-24-7-2-8-25-50)61-38-21-39-62(48-61)74(72)69(59-36-19-32-55(46-59)51-26-9-3-10-27-51)65-42-15-16-43-66(65)70(74)60-37-20-33-56(47-60)52-28-11-4-12-29-52/h1-48H. The minimum Gasteiger partial charge on any atom is -0.270 e. The van der Waals surface area contributed by atoms with Crippen LogP contribution in [0.1, 0.15) is 0 Å². The second kappa shape index (κ2) is 18.6. The molecular weight excluding hydrogens is 943 g/mol. The minimum absolute atomic E-state index is 0.531. The lowest BCUT2D eigenvalue weighted by atomic mass is 10.0. The normalized spacial score (nSPS) is 14.2. The van der Waals surface area contributed by atoms with Gasteiger partial charge in [-0.1, -0.05) is 200 Å². The smallest absolute Gasteiger partial charge is 0.270 e. The average molecular weight is 991 g/mol. The summed E-state index contributed by atoms with van der Waals surface area (Å²) in [4.78, 5) is 0. The number of benzene rings is 11. The van der Waals surface area contributed by atoms with E-state index < -0.39 is 14.9 Å². The second-order valence-corrected chi connectivity index (χ2v) is 23.3. The molecular formula is C66H48N4O2P2. The van der Waals surface area contributed by atoms with Gasteiger partial charge in [0.05, 0.1) is 56.1 Å². The molecule has 0 unspecified atom stereocenters. The third-order valence-electron chi connectivity index (χ3n) is 14.1. The van der Waals surface area contributed by atoms with Crippen molar-refractivity contribution in [3.05, 3.63) is 291 Å². The lowest BCUT2D eigenvalue weighted by Crippen LogP contribution is -2.31. The summed E-state index contributed by atoms with van der Waals surface area (Å²) < 4.78 is 43.7. The van der Waals surface area contributed by atoms with Crippen LogP contribution in [0.15, 0.2) is 291 Å². The fourth-order valence-electron chi connectivity index (χ4n) is 10.7. The first kappa shape index (κ1) is 45.0. The van der Waals surface area contributed by atoms with Gasteiger partial charge in [0.1, 0.15) is 0 Å². The Morgan fingerprint density at radius 2 is 0.419 bits per heavy atom. The predicted molar refractivity (Wildman–Crippen MR) is 310 cm³/mol. The van der Waals surface area contributed by atoms with Crippen LogP contribution < -0.4 is 29.3 Å². The number of nitrogens with zero attached hydrogens (tertiary/aromatic N) is 4. The van der Waals surface area contributed by atoms with E-state index in [0.717, 1.165) is 90.0 Å². The quantitative estimate of drug-likeness (QED) is 0.127. The maximum Gasteiger partial charge on any atom is 0.301 e. The molecule has 0 fully saturated rings. The van der Waals surface area contributed by atoms with E-state index in [1.165, 1.54) is 0 Å². The monoisotopic (exact) mass is 990 g/mol. The van der Waals surface area contributed by atoms with Crippen LogP contribution in [0.5, 0.6) is 0 Å². The van der Waals surface area contributed by atoms with Crippen molar-refractivity contribution in [1.82, 2.24) is 0 Å². The van der Waals surface area contributed by atoms with E-state index in [-0.39, 0.29) is 0 Å². The maximum absolute atomic E-state index is 17.8. The molecule has 0 aromatic heterocycles. The first-order valence-corrected chi connectivity index (χ1v) is 28.0. The maximum atomic E-state index is 17.8. The van der Waals surface area contributed by atoms with E-state index in [1.54, 1.807) is 0 Å². The molecule has 0 aliphatic carbocycles. The van der Waals surface area contributed by atoms with Crippen LogP contribution in [-0.4, -0.2) is 0 Å². The van der Waals surface area contributed by atoms with Crippen LogP contribution in [0.2, 0.25) is 0 Å². The van der Waals surface area contributed by atoms with Crippen molar-refractivity contribution in [3.8, 4) is 44.5 Å². The topological polar surface area (TPSA) is 47.1 Å². The number of anilines is 8. The van der Waals surface area contributed by atoms with Gasteiger partial charge in [-0.3, -0.25) is 27.8 Å². The summed E-state index contributed by atoms with van der Waals surface area (Å²) in [7, 11) is -8.07. The number of hydrogen-bond donors (Lipinski definition) is 0. The first-order valence-electron chi connectivity index (χ1n) is 24.8. The molecule has 11 aromatic carbocycles. The van der Waals surface area contributed by atoms with Gasteiger partial charge in [0.25, 0.3) is 0 Å². The number of para-hydroxylation sites is 4. The zero-order chi connectivity index (χ0) is 49.6. The van der Waals surface area contributed by atoms with E-state index in [1.807, 2.05) is 189 Å². The Balaban J connectivity index is 1.06. The molecule has 13 rings (SSSR count). The van der Waals surface area contributed by atoms with Gasteiger partial charge in [-0.2, -0.15) is 0 Å². The highest BCUT2D eigenvalue weighted by Crippen LogP contribution is 2.72. The molecule has 6 nitrogen and oxygen atoms in total. The van der Waals surface area contributed by atoms with Crippen molar-refractivity contribution < 1.29 is 9.13 Å². The lowest BCUT2D eigenvalue weighted by molar-refractivity contribution is 0.582. The molecule has 11 aromatic rings. The van der Waals surface area contributed by atoms with Gasteiger partial charge in [-0.15, -0.1) is 0 Å². The van der Waals surface area contributed by atoms with E-state index >= 15 is 9.13 Å². The van der Waals surface area contributed by atoms with E-state index in [0.29, 0.717) is 10.6 Å². The highest BCUT2D eigenvalue weighted by Gasteiger charge is 2.52. The first-order chi connectivity index (χ1) is 36.5. The van der Waals surface area contributed by atoms with Crippen molar-refractivity contribution in [2.45, 2.75) is 0 Å². The Hall–Kier alpha value is -8.92. The Labute approximate surface area is 432 Å². The average Bonchev–Trinajstić information content (AvgIpc) is 4.02.